The molecule has 3 rings (SSSR count). The minimum absolute atomic E-state index is 0.0344. The molecule has 0 fully saturated rings. The van der Waals surface area contributed by atoms with E-state index < -0.39 is 0 Å². The first-order chi connectivity index (χ1) is 13.7. The number of methoxy groups -OCH3 is 1. The van der Waals surface area contributed by atoms with Gasteiger partial charge in [-0.05, 0) is 28.7 Å². The van der Waals surface area contributed by atoms with Crippen LogP contribution in [0.4, 0.5) is 0 Å². The maximum atomic E-state index is 9.58. The zero-order valence-electron chi connectivity index (χ0n) is 16.5. The molecule has 3 aromatic rings. The molecule has 1 N–H and O–H groups in total. The van der Waals surface area contributed by atoms with Crippen molar-refractivity contribution < 1.29 is 9.84 Å². The van der Waals surface area contributed by atoms with Crippen molar-refractivity contribution >= 4 is 11.6 Å². The number of halogens is 1. The topological polar surface area (TPSA) is 47.3 Å². The molecule has 0 atom stereocenters. The lowest BCUT2D eigenvalue weighted by molar-refractivity contribution is 0.178. The summed E-state index contributed by atoms with van der Waals surface area (Å²) in [6, 6.07) is 16.4. The van der Waals surface area contributed by atoms with E-state index in [2.05, 4.69) is 40.7 Å². The number of unbranched alkanes of at least 4 members (excludes halogenated alkanes) is 1. The Morgan fingerprint density at radius 2 is 1.86 bits per heavy atom. The Balaban J connectivity index is 1.87. The molecule has 1 heterocycles. The fourth-order valence-electron chi connectivity index (χ4n) is 3.40. The summed E-state index contributed by atoms with van der Waals surface area (Å²) in [6.07, 6.45) is 3.10. The zero-order chi connectivity index (χ0) is 19.9. The second-order valence-electron chi connectivity index (χ2n) is 6.90. The zero-order valence-corrected chi connectivity index (χ0v) is 17.2. The van der Waals surface area contributed by atoms with E-state index in [9.17, 15) is 5.11 Å². The summed E-state index contributed by atoms with van der Waals surface area (Å²) in [4.78, 5) is 4.57. The number of hydrogen-bond acceptors (Lipinski definition) is 3. The molecule has 0 radical (unpaired) electrons. The molecule has 0 unspecified atom stereocenters. The molecule has 5 heteroatoms. The second kappa shape index (κ2) is 9.87. The normalized spacial score (nSPS) is 11.1. The van der Waals surface area contributed by atoms with Gasteiger partial charge < -0.3 is 14.4 Å². The minimum atomic E-state index is 0.0344. The number of benzene rings is 2. The largest absolute Gasteiger partial charge is 0.392 e. The first-order valence-corrected chi connectivity index (χ1v) is 10.1. The van der Waals surface area contributed by atoms with Crippen molar-refractivity contribution in [2.45, 2.75) is 45.9 Å². The highest BCUT2D eigenvalue weighted by molar-refractivity contribution is 6.30. The molecule has 0 aliphatic carbocycles. The van der Waals surface area contributed by atoms with Gasteiger partial charge in [-0.15, -0.1) is 0 Å². The Morgan fingerprint density at radius 1 is 1.11 bits per heavy atom. The summed E-state index contributed by atoms with van der Waals surface area (Å²) in [5, 5.41) is 10.1. The first-order valence-electron chi connectivity index (χ1n) is 9.68. The van der Waals surface area contributed by atoms with Gasteiger partial charge in [-0.3, -0.25) is 0 Å². The van der Waals surface area contributed by atoms with E-state index in [1.54, 1.807) is 7.11 Å². The van der Waals surface area contributed by atoms with Crippen LogP contribution in [0.5, 0.6) is 0 Å². The number of aliphatic hydroxyl groups excluding tert-OH is 1. The van der Waals surface area contributed by atoms with Crippen molar-refractivity contribution in [1.29, 1.82) is 0 Å². The Labute approximate surface area is 171 Å². The molecule has 2 aromatic carbocycles. The molecule has 0 spiro atoms. The Hall–Kier alpha value is -2.14. The molecule has 0 aliphatic rings. The van der Waals surface area contributed by atoms with Crippen LogP contribution in [-0.4, -0.2) is 21.8 Å². The number of imidazole rings is 1. The highest BCUT2D eigenvalue weighted by Crippen LogP contribution is 2.26. The predicted octanol–water partition coefficient (Wildman–Crippen LogP) is 5.23. The van der Waals surface area contributed by atoms with Crippen LogP contribution in [0.2, 0.25) is 5.15 Å². The molecular formula is C23H27ClN2O2. The van der Waals surface area contributed by atoms with Gasteiger partial charge in [0.2, 0.25) is 0 Å². The SMILES string of the molecule is CCCCc1nc(Cl)c(COC)n1Cc1ccc(-c2ccccc2CO)cc1. The van der Waals surface area contributed by atoms with Crippen molar-refractivity contribution in [3.8, 4) is 11.1 Å². The Morgan fingerprint density at radius 3 is 2.54 bits per heavy atom. The number of aliphatic hydroxyl groups is 1. The van der Waals surface area contributed by atoms with Gasteiger partial charge in [0, 0.05) is 20.1 Å². The van der Waals surface area contributed by atoms with E-state index in [1.165, 1.54) is 5.56 Å². The van der Waals surface area contributed by atoms with E-state index >= 15 is 0 Å². The van der Waals surface area contributed by atoms with Crippen LogP contribution >= 0.6 is 11.6 Å². The summed E-state index contributed by atoms with van der Waals surface area (Å²) in [5.74, 6) is 1.01. The van der Waals surface area contributed by atoms with Gasteiger partial charge in [0.1, 0.15) is 5.82 Å². The van der Waals surface area contributed by atoms with Gasteiger partial charge in [-0.1, -0.05) is 73.5 Å². The van der Waals surface area contributed by atoms with Crippen LogP contribution in [0, 0.1) is 0 Å². The van der Waals surface area contributed by atoms with Crippen molar-refractivity contribution in [2.75, 3.05) is 7.11 Å². The average Bonchev–Trinajstić information content (AvgIpc) is 3.02. The third-order valence-electron chi connectivity index (χ3n) is 4.93. The number of hydrogen-bond donors (Lipinski definition) is 1. The smallest absolute Gasteiger partial charge is 0.153 e. The van der Waals surface area contributed by atoms with Crippen molar-refractivity contribution in [1.82, 2.24) is 9.55 Å². The first kappa shape index (κ1) is 20.6. The van der Waals surface area contributed by atoms with Gasteiger partial charge in [0.05, 0.1) is 18.9 Å². The molecular weight excluding hydrogens is 372 g/mol. The molecule has 28 heavy (non-hydrogen) atoms. The predicted molar refractivity (Wildman–Crippen MR) is 113 cm³/mol. The third-order valence-corrected chi connectivity index (χ3v) is 5.23. The van der Waals surface area contributed by atoms with Gasteiger partial charge in [0.15, 0.2) is 5.15 Å². The van der Waals surface area contributed by atoms with E-state index in [4.69, 9.17) is 16.3 Å². The van der Waals surface area contributed by atoms with Crippen LogP contribution in [0.3, 0.4) is 0 Å². The third kappa shape index (κ3) is 4.64. The quantitative estimate of drug-likeness (QED) is 0.536. The van der Waals surface area contributed by atoms with Crippen molar-refractivity contribution in [2.24, 2.45) is 0 Å². The summed E-state index contributed by atoms with van der Waals surface area (Å²) in [7, 11) is 1.67. The lowest BCUT2D eigenvalue weighted by Crippen LogP contribution is -2.10. The van der Waals surface area contributed by atoms with Crippen LogP contribution in [0.25, 0.3) is 11.1 Å². The van der Waals surface area contributed by atoms with Gasteiger partial charge >= 0.3 is 0 Å². The van der Waals surface area contributed by atoms with E-state index in [1.807, 2.05) is 24.3 Å². The average molecular weight is 399 g/mol. The number of rotatable bonds is 9. The monoisotopic (exact) mass is 398 g/mol. The van der Waals surface area contributed by atoms with Gasteiger partial charge in [-0.2, -0.15) is 0 Å². The summed E-state index contributed by atoms with van der Waals surface area (Å²) >= 11 is 6.38. The van der Waals surface area contributed by atoms with Gasteiger partial charge in [0.25, 0.3) is 0 Å². The van der Waals surface area contributed by atoms with Gasteiger partial charge in [-0.25, -0.2) is 4.98 Å². The number of ether oxygens (including phenoxy) is 1. The second-order valence-corrected chi connectivity index (χ2v) is 7.26. The van der Waals surface area contributed by atoms with Crippen molar-refractivity contribution in [3.63, 3.8) is 0 Å². The Kier molecular flexibility index (Phi) is 7.26. The number of aromatic nitrogens is 2. The molecule has 4 nitrogen and oxygen atoms in total. The standard InChI is InChI=1S/C23H27ClN2O2/c1-3-4-9-22-25-23(24)21(16-28-2)26(22)14-17-10-12-18(13-11-17)20-8-6-5-7-19(20)15-27/h5-8,10-13,27H,3-4,9,14-16H2,1-2H3. The fraction of sp³-hybridized carbons (Fsp3) is 0.348. The summed E-state index contributed by atoms with van der Waals surface area (Å²) in [6.45, 7) is 3.36. The molecule has 0 amide bonds. The summed E-state index contributed by atoms with van der Waals surface area (Å²) in [5.41, 5.74) is 5.19. The molecule has 0 bridgehead atoms. The maximum absolute atomic E-state index is 9.58. The van der Waals surface area contributed by atoms with E-state index in [0.29, 0.717) is 18.3 Å². The molecule has 0 saturated carbocycles. The lowest BCUT2D eigenvalue weighted by Gasteiger charge is -2.13. The fourth-order valence-corrected chi connectivity index (χ4v) is 3.66. The minimum Gasteiger partial charge on any atom is -0.392 e. The lowest BCUT2D eigenvalue weighted by atomic mass is 9.99. The van der Waals surface area contributed by atoms with Crippen molar-refractivity contribution in [3.05, 3.63) is 76.3 Å². The Bertz CT molecular complexity index is 903. The highest BCUT2D eigenvalue weighted by Gasteiger charge is 2.16. The molecule has 0 saturated heterocycles. The van der Waals surface area contributed by atoms with E-state index in [0.717, 1.165) is 47.5 Å². The number of nitrogens with zero attached hydrogens (tertiary/aromatic N) is 2. The van der Waals surface area contributed by atoms with Crippen LogP contribution in [0.1, 0.15) is 42.4 Å². The molecule has 148 valence electrons. The highest BCUT2D eigenvalue weighted by atomic mass is 35.5. The number of aryl methyl sites for hydroxylation is 1. The maximum Gasteiger partial charge on any atom is 0.153 e. The molecule has 1 aromatic heterocycles. The van der Waals surface area contributed by atoms with Crippen LogP contribution in [0.15, 0.2) is 48.5 Å². The summed E-state index contributed by atoms with van der Waals surface area (Å²) < 4.78 is 7.52. The van der Waals surface area contributed by atoms with Crippen LogP contribution in [-0.2, 0) is 30.9 Å². The molecule has 0 aliphatic heterocycles. The van der Waals surface area contributed by atoms with Crippen LogP contribution < -0.4 is 0 Å². The van der Waals surface area contributed by atoms with E-state index in [-0.39, 0.29) is 6.61 Å².